The van der Waals surface area contributed by atoms with Gasteiger partial charge in [-0.15, -0.1) is 12.4 Å². The average molecular weight is 218 g/mol. The van der Waals surface area contributed by atoms with Gasteiger partial charge in [-0.05, 0) is 19.2 Å². The normalized spacial score (nSPS) is 9.21. The molecular weight excluding hydrogens is 206 g/mol. The number of halogens is 1. The van der Waals surface area contributed by atoms with Crippen LogP contribution in [0.5, 0.6) is 11.5 Å². The second-order valence-corrected chi connectivity index (χ2v) is 2.65. The van der Waals surface area contributed by atoms with Crippen LogP contribution >= 0.6 is 12.4 Å². The molecule has 0 aliphatic rings. The van der Waals surface area contributed by atoms with Gasteiger partial charge in [0.15, 0.2) is 5.78 Å². The molecule has 0 radical (unpaired) electrons. The van der Waals surface area contributed by atoms with E-state index in [-0.39, 0.29) is 41.8 Å². The third kappa shape index (κ3) is 2.90. The number of hydrogen-bond donors (Lipinski definition) is 3. The van der Waals surface area contributed by atoms with Gasteiger partial charge in [0.2, 0.25) is 0 Å². The van der Waals surface area contributed by atoms with Crippen molar-refractivity contribution in [2.45, 2.75) is 0 Å². The van der Waals surface area contributed by atoms with E-state index in [1.54, 1.807) is 7.05 Å². The van der Waals surface area contributed by atoms with E-state index in [4.69, 9.17) is 5.11 Å². The number of ketones is 1. The van der Waals surface area contributed by atoms with Gasteiger partial charge >= 0.3 is 0 Å². The lowest BCUT2D eigenvalue weighted by atomic mass is 10.1. The first kappa shape index (κ1) is 12.7. The zero-order chi connectivity index (χ0) is 9.84. The van der Waals surface area contributed by atoms with E-state index in [1.807, 2.05) is 0 Å². The Labute approximate surface area is 88.0 Å². The van der Waals surface area contributed by atoms with Crippen LogP contribution in [0.25, 0.3) is 0 Å². The van der Waals surface area contributed by atoms with E-state index in [9.17, 15) is 9.90 Å². The fraction of sp³-hybridized carbons (Fsp3) is 0.222. The zero-order valence-electron chi connectivity index (χ0n) is 7.65. The highest BCUT2D eigenvalue weighted by molar-refractivity contribution is 6.00. The van der Waals surface area contributed by atoms with Crippen LogP contribution in [0.15, 0.2) is 18.2 Å². The lowest BCUT2D eigenvalue weighted by Crippen LogP contribution is -2.18. The molecule has 0 spiro atoms. The fourth-order valence-corrected chi connectivity index (χ4v) is 1.01. The molecule has 0 fully saturated rings. The number of carbonyl (C=O) groups is 1. The zero-order valence-corrected chi connectivity index (χ0v) is 8.47. The molecule has 1 rings (SSSR count). The molecule has 1 aromatic rings. The van der Waals surface area contributed by atoms with E-state index in [1.165, 1.54) is 12.1 Å². The number of nitrogens with one attached hydrogen (secondary N) is 1. The highest BCUT2D eigenvalue weighted by Gasteiger charge is 2.09. The van der Waals surface area contributed by atoms with Crippen LogP contribution in [0, 0.1) is 0 Å². The summed E-state index contributed by atoms with van der Waals surface area (Å²) in [4.78, 5) is 11.3. The van der Waals surface area contributed by atoms with Crippen LogP contribution in [0.4, 0.5) is 0 Å². The number of benzene rings is 1. The molecule has 0 aliphatic heterocycles. The Balaban J connectivity index is 0.00000169. The second kappa shape index (κ2) is 5.47. The summed E-state index contributed by atoms with van der Waals surface area (Å²) in [7, 11) is 1.65. The molecule has 0 aliphatic carbocycles. The molecule has 78 valence electrons. The average Bonchev–Trinajstić information content (AvgIpc) is 2.04. The number of carbonyl (C=O) groups excluding carboxylic acids is 1. The summed E-state index contributed by atoms with van der Waals surface area (Å²) in [5.41, 5.74) is 0.215. The van der Waals surface area contributed by atoms with Crippen LogP contribution in [-0.4, -0.2) is 29.6 Å². The predicted molar refractivity (Wildman–Crippen MR) is 55.3 cm³/mol. The highest BCUT2D eigenvalue weighted by atomic mass is 35.5. The van der Waals surface area contributed by atoms with Crippen LogP contribution in [0.3, 0.4) is 0 Å². The van der Waals surface area contributed by atoms with Crippen molar-refractivity contribution in [1.29, 1.82) is 0 Å². The minimum atomic E-state index is -0.208. The lowest BCUT2D eigenvalue weighted by molar-refractivity contribution is 0.0991. The molecule has 0 aromatic heterocycles. The Morgan fingerprint density at radius 1 is 1.43 bits per heavy atom. The standard InChI is InChI=1S/C9H11NO3.ClH/c1-10-5-9(13)7-3-2-6(11)4-8(7)12;/h2-4,10-12H,5H2,1H3;1H. The quantitative estimate of drug-likeness (QED) is 0.659. The Morgan fingerprint density at radius 2 is 2.07 bits per heavy atom. The summed E-state index contributed by atoms with van der Waals surface area (Å²) < 4.78 is 0. The van der Waals surface area contributed by atoms with Crippen molar-refractivity contribution in [3.63, 3.8) is 0 Å². The molecule has 1 aromatic carbocycles. The van der Waals surface area contributed by atoms with E-state index in [0.717, 1.165) is 6.07 Å². The minimum Gasteiger partial charge on any atom is -0.508 e. The van der Waals surface area contributed by atoms with Crippen molar-refractivity contribution in [2.75, 3.05) is 13.6 Å². The van der Waals surface area contributed by atoms with E-state index in [2.05, 4.69) is 5.32 Å². The molecule has 14 heavy (non-hydrogen) atoms. The highest BCUT2D eigenvalue weighted by Crippen LogP contribution is 2.22. The van der Waals surface area contributed by atoms with Gasteiger partial charge in [-0.1, -0.05) is 0 Å². The second-order valence-electron chi connectivity index (χ2n) is 2.65. The summed E-state index contributed by atoms with van der Waals surface area (Å²) in [6, 6.07) is 3.90. The third-order valence-corrected chi connectivity index (χ3v) is 1.62. The van der Waals surface area contributed by atoms with Crippen LogP contribution in [0.2, 0.25) is 0 Å². The number of rotatable bonds is 3. The van der Waals surface area contributed by atoms with Crippen LogP contribution < -0.4 is 5.32 Å². The Hall–Kier alpha value is -1.26. The maximum atomic E-state index is 11.3. The van der Waals surface area contributed by atoms with Crippen LogP contribution in [0.1, 0.15) is 10.4 Å². The Bertz CT molecular complexity index is 328. The lowest BCUT2D eigenvalue weighted by Gasteiger charge is -2.03. The first-order valence-electron chi connectivity index (χ1n) is 3.85. The van der Waals surface area contributed by atoms with Crippen molar-refractivity contribution < 1.29 is 15.0 Å². The number of phenols is 2. The topological polar surface area (TPSA) is 69.6 Å². The smallest absolute Gasteiger partial charge is 0.180 e. The maximum Gasteiger partial charge on any atom is 0.180 e. The van der Waals surface area contributed by atoms with Gasteiger partial charge in [0.1, 0.15) is 11.5 Å². The van der Waals surface area contributed by atoms with Gasteiger partial charge < -0.3 is 15.5 Å². The first-order chi connectivity index (χ1) is 6.15. The van der Waals surface area contributed by atoms with Crippen molar-refractivity contribution in [1.82, 2.24) is 5.32 Å². The number of phenolic OH excluding ortho intramolecular Hbond substituents is 2. The molecule has 5 heteroatoms. The summed E-state index contributed by atoms with van der Waals surface area (Å²) in [5, 5.41) is 20.9. The molecule has 0 bridgehead atoms. The number of Topliss-reactive ketones (excluding diaryl/α,β-unsaturated/α-hetero) is 1. The van der Waals surface area contributed by atoms with Gasteiger partial charge in [-0.3, -0.25) is 4.79 Å². The summed E-state index contributed by atoms with van der Waals surface area (Å²) in [6.45, 7) is 0.165. The summed E-state index contributed by atoms with van der Waals surface area (Å²) >= 11 is 0. The summed E-state index contributed by atoms with van der Waals surface area (Å²) in [6.07, 6.45) is 0. The van der Waals surface area contributed by atoms with Crippen molar-refractivity contribution in [3.05, 3.63) is 23.8 Å². The number of aromatic hydroxyl groups is 2. The van der Waals surface area contributed by atoms with E-state index < -0.39 is 0 Å². The van der Waals surface area contributed by atoms with Crippen molar-refractivity contribution in [2.24, 2.45) is 0 Å². The van der Waals surface area contributed by atoms with Gasteiger partial charge in [-0.2, -0.15) is 0 Å². The molecule has 0 atom stereocenters. The SMILES string of the molecule is CNCC(=O)c1ccc(O)cc1O.Cl. The molecule has 3 N–H and O–H groups in total. The molecule has 0 saturated heterocycles. The van der Waals surface area contributed by atoms with Crippen molar-refractivity contribution in [3.8, 4) is 11.5 Å². The maximum absolute atomic E-state index is 11.3. The van der Waals surface area contributed by atoms with Gasteiger partial charge in [-0.25, -0.2) is 0 Å². The molecular formula is C9H12ClNO3. The van der Waals surface area contributed by atoms with Gasteiger partial charge in [0.25, 0.3) is 0 Å². The molecule has 0 amide bonds. The monoisotopic (exact) mass is 217 g/mol. The Morgan fingerprint density at radius 3 is 2.57 bits per heavy atom. The largest absolute Gasteiger partial charge is 0.508 e. The minimum absolute atomic E-state index is 0. The van der Waals surface area contributed by atoms with Gasteiger partial charge in [0.05, 0.1) is 12.1 Å². The predicted octanol–water partition coefficient (Wildman–Crippen LogP) is 0.922. The van der Waals surface area contributed by atoms with Gasteiger partial charge in [0, 0.05) is 6.07 Å². The summed E-state index contributed by atoms with van der Waals surface area (Å²) in [5.74, 6) is -0.459. The molecule has 0 unspecified atom stereocenters. The number of likely N-dealkylation sites (N-methyl/N-ethyl adjacent to an activating group) is 1. The number of hydrogen-bond acceptors (Lipinski definition) is 4. The van der Waals surface area contributed by atoms with Crippen LogP contribution in [-0.2, 0) is 0 Å². The Kier molecular flexibility index (Phi) is 4.97. The molecule has 0 saturated carbocycles. The van der Waals surface area contributed by atoms with E-state index in [0.29, 0.717) is 0 Å². The fourth-order valence-electron chi connectivity index (χ4n) is 1.01. The van der Waals surface area contributed by atoms with Crippen molar-refractivity contribution >= 4 is 18.2 Å². The third-order valence-electron chi connectivity index (χ3n) is 1.62. The molecule has 4 nitrogen and oxygen atoms in total. The molecule has 0 heterocycles. The van der Waals surface area contributed by atoms with E-state index >= 15 is 0 Å². The first-order valence-corrected chi connectivity index (χ1v) is 3.85.